The van der Waals surface area contributed by atoms with Crippen LogP contribution in [0.1, 0.15) is 39.0 Å². The van der Waals surface area contributed by atoms with Crippen LogP contribution in [0.2, 0.25) is 10.0 Å². The van der Waals surface area contributed by atoms with Crippen LogP contribution in [0.25, 0.3) is 5.82 Å². The number of alkyl halides is 3. The van der Waals surface area contributed by atoms with Crippen LogP contribution in [-0.4, -0.2) is 48.8 Å². The molecule has 9 nitrogen and oxygen atoms in total. The highest BCUT2D eigenvalue weighted by atomic mass is 35.5. The summed E-state index contributed by atoms with van der Waals surface area (Å²) in [6.07, 6.45) is -2.36. The normalized spacial score (nSPS) is 14.1. The molecule has 2 aromatic heterocycles. The number of pyridine rings is 1. The van der Waals surface area contributed by atoms with Gasteiger partial charge < -0.3 is 10.6 Å². The maximum atomic E-state index is 13.4. The van der Waals surface area contributed by atoms with E-state index in [0.717, 1.165) is 0 Å². The predicted molar refractivity (Wildman–Crippen MR) is 134 cm³/mol. The highest BCUT2D eigenvalue weighted by Gasteiger charge is 2.37. The number of rotatable bonds is 7. The van der Waals surface area contributed by atoms with Crippen LogP contribution in [0.3, 0.4) is 0 Å². The first kappa shape index (κ1) is 28.4. The Morgan fingerprint density at radius 3 is 2.49 bits per heavy atom. The lowest BCUT2D eigenvalue weighted by atomic mass is 10.1. The van der Waals surface area contributed by atoms with E-state index in [-0.39, 0.29) is 32.9 Å². The molecule has 37 heavy (non-hydrogen) atoms. The molecule has 0 spiro atoms. The number of anilines is 1. The van der Waals surface area contributed by atoms with E-state index in [4.69, 9.17) is 28.0 Å². The Balaban J connectivity index is 2.04. The number of nitrogens with one attached hydrogen (secondary N) is 3. The molecule has 0 saturated carbocycles. The molecular weight excluding hydrogens is 556 g/mol. The number of hydrogen-bond acceptors (Lipinski definition) is 6. The number of hydrogen-bond donors (Lipinski definition) is 3. The number of aryl methyl sites for hydroxylation is 1. The summed E-state index contributed by atoms with van der Waals surface area (Å²) in [6.45, 7) is 3.09. The molecule has 0 aliphatic heterocycles. The lowest BCUT2D eigenvalue weighted by molar-refractivity contribution is -0.141. The van der Waals surface area contributed by atoms with E-state index >= 15 is 0 Å². The van der Waals surface area contributed by atoms with Gasteiger partial charge in [0.1, 0.15) is 5.69 Å². The van der Waals surface area contributed by atoms with E-state index in [1.54, 1.807) is 13.8 Å². The molecule has 3 aromatic rings. The van der Waals surface area contributed by atoms with Crippen LogP contribution in [-0.2, 0) is 15.9 Å². The molecule has 0 aliphatic carbocycles. The fourth-order valence-electron chi connectivity index (χ4n) is 3.46. The molecule has 0 aliphatic rings. The number of benzene rings is 1. The Kier molecular flexibility index (Phi) is 8.20. The summed E-state index contributed by atoms with van der Waals surface area (Å²) >= 11 is 12.2. The van der Waals surface area contributed by atoms with Gasteiger partial charge in [0.25, 0.3) is 11.8 Å². The maximum Gasteiger partial charge on any atom is 0.435 e. The van der Waals surface area contributed by atoms with Gasteiger partial charge in [-0.05, 0) is 43.7 Å². The summed E-state index contributed by atoms with van der Waals surface area (Å²) in [5.74, 6) is -2.05. The second-order valence-corrected chi connectivity index (χ2v) is 11.5. The molecule has 15 heteroatoms. The van der Waals surface area contributed by atoms with Crippen molar-refractivity contribution < 1.29 is 27.0 Å². The molecule has 2 unspecified atom stereocenters. The quantitative estimate of drug-likeness (QED) is 0.366. The largest absolute Gasteiger partial charge is 0.435 e. The van der Waals surface area contributed by atoms with Crippen molar-refractivity contribution in [3.63, 3.8) is 0 Å². The molecule has 2 amide bonds. The molecule has 3 N–H and O–H groups in total. The maximum absolute atomic E-state index is 13.4. The van der Waals surface area contributed by atoms with Crippen molar-refractivity contribution in [2.45, 2.75) is 26.1 Å². The standard InChI is InChI=1S/C22H21Cl2F3N6O3S/c1-11-7-13(23)8-14(20(34)30-12(2)10-37(3,28)36)18(11)31-21(35)16-9-17(22(25,26)27)32-33(16)19-15(24)5-4-6-29-19/h4-9,12,28H,10H2,1-3H3,(H,30,34)(H,31,35). The van der Waals surface area contributed by atoms with Gasteiger partial charge in [-0.1, -0.05) is 23.2 Å². The van der Waals surface area contributed by atoms with E-state index in [0.29, 0.717) is 16.3 Å². The Bertz CT molecular complexity index is 1470. The van der Waals surface area contributed by atoms with Gasteiger partial charge >= 0.3 is 6.18 Å². The minimum Gasteiger partial charge on any atom is -0.349 e. The zero-order valence-electron chi connectivity index (χ0n) is 19.6. The van der Waals surface area contributed by atoms with Crippen LogP contribution in [0.4, 0.5) is 18.9 Å². The first-order valence-corrected chi connectivity index (χ1v) is 13.4. The average Bonchev–Trinajstić information content (AvgIpc) is 3.20. The van der Waals surface area contributed by atoms with Crippen molar-refractivity contribution in [3.05, 3.63) is 69.1 Å². The highest BCUT2D eigenvalue weighted by Crippen LogP contribution is 2.32. The van der Waals surface area contributed by atoms with Gasteiger partial charge in [0.05, 0.1) is 22.0 Å². The van der Waals surface area contributed by atoms with Crippen LogP contribution in [0.5, 0.6) is 0 Å². The molecule has 0 fully saturated rings. The Labute approximate surface area is 220 Å². The lowest BCUT2D eigenvalue weighted by Gasteiger charge is -2.18. The van der Waals surface area contributed by atoms with Gasteiger partial charge in [0, 0.05) is 39.3 Å². The van der Waals surface area contributed by atoms with Gasteiger partial charge in [0.15, 0.2) is 11.5 Å². The number of amides is 2. The molecule has 0 bridgehead atoms. The van der Waals surface area contributed by atoms with E-state index < -0.39 is 45.1 Å². The second kappa shape index (κ2) is 10.7. The van der Waals surface area contributed by atoms with E-state index in [1.807, 2.05) is 0 Å². The highest BCUT2D eigenvalue weighted by molar-refractivity contribution is 7.91. The average molecular weight is 577 g/mol. The van der Waals surface area contributed by atoms with Crippen molar-refractivity contribution >= 4 is 50.4 Å². The number of carbonyl (C=O) groups excluding carboxylic acids is 2. The number of aromatic nitrogens is 3. The first-order chi connectivity index (χ1) is 17.1. The topological polar surface area (TPSA) is 130 Å². The Morgan fingerprint density at radius 2 is 1.89 bits per heavy atom. The molecule has 2 atom stereocenters. The zero-order valence-corrected chi connectivity index (χ0v) is 21.9. The monoisotopic (exact) mass is 576 g/mol. The van der Waals surface area contributed by atoms with Gasteiger partial charge in [0.2, 0.25) is 0 Å². The molecule has 0 radical (unpaired) electrons. The van der Waals surface area contributed by atoms with Crippen LogP contribution in [0, 0.1) is 11.7 Å². The number of halogens is 5. The van der Waals surface area contributed by atoms with E-state index in [9.17, 15) is 27.0 Å². The smallest absolute Gasteiger partial charge is 0.349 e. The number of carbonyl (C=O) groups is 2. The molecule has 0 saturated heterocycles. The van der Waals surface area contributed by atoms with E-state index in [1.165, 1.54) is 36.7 Å². The zero-order chi connectivity index (χ0) is 27.7. The van der Waals surface area contributed by atoms with Crippen molar-refractivity contribution in [1.29, 1.82) is 4.78 Å². The fraction of sp³-hybridized carbons (Fsp3) is 0.273. The van der Waals surface area contributed by atoms with Gasteiger partial charge in [-0.15, -0.1) is 0 Å². The minimum atomic E-state index is -4.87. The third-order valence-electron chi connectivity index (χ3n) is 4.90. The third kappa shape index (κ3) is 6.99. The van der Waals surface area contributed by atoms with Gasteiger partial charge in [-0.3, -0.25) is 18.6 Å². The minimum absolute atomic E-state index is 0.0179. The summed E-state index contributed by atoms with van der Waals surface area (Å²) < 4.78 is 60.3. The molecular formula is C22H21Cl2F3N6O3S. The van der Waals surface area contributed by atoms with Crippen molar-refractivity contribution in [2.24, 2.45) is 0 Å². The summed E-state index contributed by atoms with van der Waals surface area (Å²) in [5, 5.41) is 8.65. The second-order valence-electron chi connectivity index (χ2n) is 8.28. The van der Waals surface area contributed by atoms with Crippen molar-refractivity contribution in [1.82, 2.24) is 20.1 Å². The molecule has 3 rings (SSSR count). The van der Waals surface area contributed by atoms with Crippen LogP contribution >= 0.6 is 23.2 Å². The molecule has 198 valence electrons. The Morgan fingerprint density at radius 1 is 1.22 bits per heavy atom. The number of nitrogens with zero attached hydrogens (tertiary/aromatic N) is 3. The fourth-order valence-corrected chi connectivity index (χ4v) is 4.97. The molecule has 2 heterocycles. The van der Waals surface area contributed by atoms with Crippen molar-refractivity contribution in [3.8, 4) is 5.82 Å². The summed E-state index contributed by atoms with van der Waals surface area (Å²) in [4.78, 5) is 30.2. The first-order valence-electron chi connectivity index (χ1n) is 10.5. The van der Waals surface area contributed by atoms with Gasteiger partial charge in [-0.25, -0.2) is 9.67 Å². The lowest BCUT2D eigenvalue weighted by Crippen LogP contribution is -2.37. The van der Waals surface area contributed by atoms with Crippen molar-refractivity contribution in [2.75, 3.05) is 17.3 Å². The summed E-state index contributed by atoms with van der Waals surface area (Å²) in [5.41, 5.74) is -1.65. The summed E-state index contributed by atoms with van der Waals surface area (Å²) in [6, 6.07) is 5.43. The predicted octanol–water partition coefficient (Wildman–Crippen LogP) is 4.95. The van der Waals surface area contributed by atoms with Crippen LogP contribution < -0.4 is 10.6 Å². The van der Waals surface area contributed by atoms with E-state index in [2.05, 4.69) is 20.7 Å². The van der Waals surface area contributed by atoms with Crippen LogP contribution in [0.15, 0.2) is 36.5 Å². The van der Waals surface area contributed by atoms with Gasteiger partial charge in [-0.2, -0.15) is 18.3 Å². The SMILES string of the molecule is Cc1cc(Cl)cc(C(=O)NC(C)CS(C)(=N)=O)c1NC(=O)c1cc(C(F)(F)F)nn1-c1ncccc1Cl. The summed E-state index contributed by atoms with van der Waals surface area (Å²) in [7, 11) is -2.91. The Hall–Kier alpha value is -3.16. The third-order valence-corrected chi connectivity index (χ3v) is 6.55. The molecule has 1 aromatic carbocycles.